The second-order valence-corrected chi connectivity index (χ2v) is 8.04. The van der Waals surface area contributed by atoms with E-state index in [9.17, 15) is 9.90 Å². The fourth-order valence-electron chi connectivity index (χ4n) is 3.20. The van der Waals surface area contributed by atoms with Gasteiger partial charge in [-0.05, 0) is 37.0 Å². The topological polar surface area (TPSA) is 37.3 Å². The first kappa shape index (κ1) is 20.5. The molecule has 0 aromatic carbocycles. The van der Waals surface area contributed by atoms with Crippen molar-refractivity contribution in [3.8, 4) is 0 Å². The summed E-state index contributed by atoms with van der Waals surface area (Å²) in [7, 11) is 0. The van der Waals surface area contributed by atoms with E-state index in [-0.39, 0.29) is 5.92 Å². The summed E-state index contributed by atoms with van der Waals surface area (Å²) in [5.41, 5.74) is 0.345. The quantitative estimate of drug-likeness (QED) is 0.430. The minimum Gasteiger partial charge on any atom is -0.481 e. The van der Waals surface area contributed by atoms with Crippen molar-refractivity contribution in [3.05, 3.63) is 0 Å². The number of carboxylic acid groups (broad SMARTS) is 1. The summed E-state index contributed by atoms with van der Waals surface area (Å²) in [4.78, 5) is 11.4. The predicted octanol–water partition coefficient (Wildman–Crippen LogP) is 6.29. The van der Waals surface area contributed by atoms with Crippen LogP contribution in [0.25, 0.3) is 0 Å². The fourth-order valence-corrected chi connectivity index (χ4v) is 3.20. The largest absolute Gasteiger partial charge is 0.481 e. The van der Waals surface area contributed by atoms with E-state index in [1.165, 1.54) is 38.5 Å². The number of unbranched alkanes of at least 4 members (excludes halogenated alkanes) is 5. The molecule has 2 nitrogen and oxygen atoms in total. The Balaban J connectivity index is 3.89. The Morgan fingerprint density at radius 3 is 2.05 bits per heavy atom. The lowest BCUT2D eigenvalue weighted by Gasteiger charge is -2.24. The molecule has 0 fully saturated rings. The standard InChI is InChI=1S/C19H38O2/c1-6-7-8-9-10-11-12-17(18(20)21)14-13-16(2)15-19(3,4)5/h16-17H,6-15H2,1-5H3,(H,20,21). The van der Waals surface area contributed by atoms with Crippen LogP contribution in [0.15, 0.2) is 0 Å². The van der Waals surface area contributed by atoms with Gasteiger partial charge in [-0.2, -0.15) is 0 Å². The molecule has 0 saturated carbocycles. The van der Waals surface area contributed by atoms with Crippen LogP contribution < -0.4 is 0 Å². The monoisotopic (exact) mass is 298 g/mol. The zero-order chi connectivity index (χ0) is 16.3. The Bertz CT molecular complexity index is 265. The molecule has 0 spiro atoms. The number of rotatable bonds is 12. The molecule has 1 N–H and O–H groups in total. The van der Waals surface area contributed by atoms with Gasteiger partial charge in [-0.1, -0.05) is 73.1 Å². The van der Waals surface area contributed by atoms with Crippen LogP contribution in [0, 0.1) is 17.3 Å². The van der Waals surface area contributed by atoms with Gasteiger partial charge in [0, 0.05) is 0 Å². The highest BCUT2D eigenvalue weighted by Crippen LogP contribution is 2.28. The second kappa shape index (κ2) is 11.1. The molecule has 2 heteroatoms. The van der Waals surface area contributed by atoms with Gasteiger partial charge in [0.2, 0.25) is 0 Å². The molecule has 0 aliphatic rings. The molecular weight excluding hydrogens is 260 g/mol. The molecule has 0 heterocycles. The van der Waals surface area contributed by atoms with Gasteiger partial charge in [-0.15, -0.1) is 0 Å². The van der Waals surface area contributed by atoms with Gasteiger partial charge in [-0.25, -0.2) is 0 Å². The van der Waals surface area contributed by atoms with E-state index in [1.54, 1.807) is 0 Å². The van der Waals surface area contributed by atoms with Crippen molar-refractivity contribution in [2.45, 2.75) is 98.8 Å². The van der Waals surface area contributed by atoms with E-state index in [0.29, 0.717) is 11.3 Å². The van der Waals surface area contributed by atoms with E-state index >= 15 is 0 Å². The molecule has 2 atom stereocenters. The normalized spacial score (nSPS) is 14.9. The van der Waals surface area contributed by atoms with Crippen molar-refractivity contribution < 1.29 is 9.90 Å². The Morgan fingerprint density at radius 2 is 1.52 bits per heavy atom. The molecule has 0 aromatic heterocycles. The maximum absolute atomic E-state index is 11.4. The van der Waals surface area contributed by atoms with Crippen LogP contribution in [0.4, 0.5) is 0 Å². The number of carboxylic acids is 1. The summed E-state index contributed by atoms with van der Waals surface area (Å²) >= 11 is 0. The van der Waals surface area contributed by atoms with Crippen molar-refractivity contribution in [1.29, 1.82) is 0 Å². The van der Waals surface area contributed by atoms with Gasteiger partial charge in [0.15, 0.2) is 0 Å². The molecule has 0 radical (unpaired) electrons. The Hall–Kier alpha value is -0.530. The number of carbonyl (C=O) groups is 1. The van der Waals surface area contributed by atoms with E-state index in [1.807, 2.05) is 0 Å². The third-order valence-electron chi connectivity index (χ3n) is 4.22. The molecule has 2 unspecified atom stereocenters. The summed E-state index contributed by atoms with van der Waals surface area (Å²) in [5.74, 6) is -0.0958. The van der Waals surface area contributed by atoms with Crippen molar-refractivity contribution in [2.75, 3.05) is 0 Å². The van der Waals surface area contributed by atoms with Crippen molar-refractivity contribution >= 4 is 5.97 Å². The zero-order valence-electron chi connectivity index (χ0n) is 15.1. The molecule has 0 bridgehead atoms. The SMILES string of the molecule is CCCCCCCCC(CCC(C)CC(C)(C)C)C(=O)O. The third kappa shape index (κ3) is 12.9. The van der Waals surface area contributed by atoms with E-state index in [2.05, 4.69) is 34.6 Å². The minimum atomic E-state index is -0.591. The minimum absolute atomic E-state index is 0.126. The number of hydrogen-bond donors (Lipinski definition) is 1. The van der Waals surface area contributed by atoms with E-state index in [4.69, 9.17) is 0 Å². The van der Waals surface area contributed by atoms with Gasteiger partial charge in [0.25, 0.3) is 0 Å². The molecule has 0 rings (SSSR count). The lowest BCUT2D eigenvalue weighted by molar-refractivity contribution is -0.142. The maximum Gasteiger partial charge on any atom is 0.306 e. The zero-order valence-corrected chi connectivity index (χ0v) is 15.1. The lowest BCUT2D eigenvalue weighted by Crippen LogP contribution is -2.17. The molecular formula is C19H38O2. The first-order valence-electron chi connectivity index (χ1n) is 8.99. The summed E-state index contributed by atoms with van der Waals surface area (Å²) in [6.45, 7) is 11.3. The highest BCUT2D eigenvalue weighted by atomic mass is 16.4. The highest BCUT2D eigenvalue weighted by Gasteiger charge is 2.20. The van der Waals surface area contributed by atoms with Crippen LogP contribution in [0.1, 0.15) is 98.8 Å². The average molecular weight is 299 g/mol. The van der Waals surface area contributed by atoms with Crippen LogP contribution in [-0.4, -0.2) is 11.1 Å². The summed E-state index contributed by atoms with van der Waals surface area (Å²) < 4.78 is 0. The summed E-state index contributed by atoms with van der Waals surface area (Å²) in [6.07, 6.45) is 11.4. The number of hydrogen-bond acceptors (Lipinski definition) is 1. The fraction of sp³-hybridized carbons (Fsp3) is 0.947. The first-order chi connectivity index (χ1) is 9.76. The van der Waals surface area contributed by atoms with Crippen LogP contribution in [0.2, 0.25) is 0 Å². The average Bonchev–Trinajstić information content (AvgIpc) is 2.34. The van der Waals surface area contributed by atoms with E-state index < -0.39 is 5.97 Å². The Labute approximate surface area is 132 Å². The third-order valence-corrected chi connectivity index (χ3v) is 4.22. The van der Waals surface area contributed by atoms with Crippen LogP contribution in [-0.2, 0) is 4.79 Å². The summed E-state index contributed by atoms with van der Waals surface area (Å²) in [6, 6.07) is 0. The molecule has 0 saturated heterocycles. The maximum atomic E-state index is 11.4. The van der Waals surface area contributed by atoms with Crippen molar-refractivity contribution in [2.24, 2.45) is 17.3 Å². The van der Waals surface area contributed by atoms with Gasteiger partial charge in [0.05, 0.1) is 5.92 Å². The molecule has 0 aliphatic heterocycles. The van der Waals surface area contributed by atoms with Gasteiger partial charge < -0.3 is 5.11 Å². The Kier molecular flexibility index (Phi) is 10.8. The predicted molar refractivity (Wildman–Crippen MR) is 91.6 cm³/mol. The van der Waals surface area contributed by atoms with Crippen molar-refractivity contribution in [1.82, 2.24) is 0 Å². The van der Waals surface area contributed by atoms with Gasteiger partial charge in [-0.3, -0.25) is 4.79 Å². The van der Waals surface area contributed by atoms with Crippen LogP contribution in [0.3, 0.4) is 0 Å². The van der Waals surface area contributed by atoms with Gasteiger partial charge in [0.1, 0.15) is 0 Å². The van der Waals surface area contributed by atoms with Crippen molar-refractivity contribution in [3.63, 3.8) is 0 Å². The molecule has 0 aromatic rings. The Morgan fingerprint density at radius 1 is 0.952 bits per heavy atom. The smallest absolute Gasteiger partial charge is 0.306 e. The van der Waals surface area contributed by atoms with Crippen LogP contribution in [0.5, 0.6) is 0 Å². The highest BCUT2D eigenvalue weighted by molar-refractivity contribution is 5.69. The first-order valence-corrected chi connectivity index (χ1v) is 8.99. The molecule has 126 valence electrons. The number of aliphatic carboxylic acids is 1. The lowest BCUT2D eigenvalue weighted by atomic mass is 9.82. The molecule has 21 heavy (non-hydrogen) atoms. The summed E-state index contributed by atoms with van der Waals surface area (Å²) in [5, 5.41) is 9.36. The molecule has 0 amide bonds. The van der Waals surface area contributed by atoms with Gasteiger partial charge >= 0.3 is 5.97 Å². The van der Waals surface area contributed by atoms with E-state index in [0.717, 1.165) is 25.7 Å². The second-order valence-electron chi connectivity index (χ2n) is 8.04. The molecule has 0 aliphatic carbocycles. The van der Waals surface area contributed by atoms with Crippen LogP contribution >= 0.6 is 0 Å².